The zero-order valence-corrected chi connectivity index (χ0v) is 17.8. The molecule has 27 heavy (non-hydrogen) atoms. The van der Waals surface area contributed by atoms with Crippen LogP contribution in [0.3, 0.4) is 0 Å². The lowest BCUT2D eigenvalue weighted by Crippen LogP contribution is -2.40. The van der Waals surface area contributed by atoms with Gasteiger partial charge in [-0.1, -0.05) is 52.5 Å². The van der Waals surface area contributed by atoms with Gasteiger partial charge in [-0.25, -0.2) is 8.42 Å². The number of sulfone groups is 1. The minimum absolute atomic E-state index is 0.0458. The molecule has 144 valence electrons. The highest BCUT2D eigenvalue weighted by Gasteiger charge is 2.35. The molecule has 0 aromatic heterocycles. The van der Waals surface area contributed by atoms with Crippen LogP contribution in [0.15, 0.2) is 36.4 Å². The fraction of sp³-hybridized carbons (Fsp3) is 0.278. The Morgan fingerprint density at radius 1 is 1.00 bits per heavy atom. The Hall–Kier alpha value is -0.980. The topological polar surface area (TPSA) is 54.5 Å². The number of nitrogens with zero attached hydrogens (tertiary/aromatic N) is 1. The number of carbonyl (C=O) groups is 1. The van der Waals surface area contributed by atoms with Crippen molar-refractivity contribution in [1.82, 2.24) is 4.90 Å². The van der Waals surface area contributed by atoms with Gasteiger partial charge in [0.1, 0.15) is 0 Å². The van der Waals surface area contributed by atoms with Crippen LogP contribution >= 0.6 is 46.4 Å². The minimum atomic E-state index is -3.18. The first kappa shape index (κ1) is 20.7. The van der Waals surface area contributed by atoms with Crippen molar-refractivity contribution >= 4 is 62.1 Å². The van der Waals surface area contributed by atoms with Gasteiger partial charge in [-0.15, -0.1) is 0 Å². The van der Waals surface area contributed by atoms with E-state index < -0.39 is 15.9 Å². The van der Waals surface area contributed by atoms with Gasteiger partial charge in [-0.05, 0) is 42.3 Å². The van der Waals surface area contributed by atoms with Gasteiger partial charge in [-0.2, -0.15) is 0 Å². The average molecular weight is 467 g/mol. The molecule has 4 nitrogen and oxygen atoms in total. The first-order valence-corrected chi connectivity index (χ1v) is 11.4. The predicted molar refractivity (Wildman–Crippen MR) is 110 cm³/mol. The largest absolute Gasteiger partial charge is 0.330 e. The first-order chi connectivity index (χ1) is 12.7. The molecule has 1 heterocycles. The van der Waals surface area contributed by atoms with Crippen LogP contribution in [0.5, 0.6) is 0 Å². The van der Waals surface area contributed by atoms with Crippen LogP contribution in [-0.4, -0.2) is 36.8 Å². The molecule has 1 atom stereocenters. The van der Waals surface area contributed by atoms with Crippen molar-refractivity contribution in [2.24, 2.45) is 0 Å². The predicted octanol–water partition coefficient (Wildman–Crippen LogP) is 5.13. The molecule has 0 radical (unpaired) electrons. The third-order valence-electron chi connectivity index (χ3n) is 4.43. The van der Waals surface area contributed by atoms with Crippen molar-refractivity contribution in [2.75, 3.05) is 11.5 Å². The lowest BCUT2D eigenvalue weighted by atomic mass is 10.1. The SMILES string of the molecule is O=C(c1ccc(Cl)cc1Cl)N(Cc1ccc(Cl)cc1Cl)[C@H]1CCS(=O)(=O)C1. The fourth-order valence-electron chi connectivity index (χ4n) is 3.04. The van der Waals surface area contributed by atoms with Crippen molar-refractivity contribution in [2.45, 2.75) is 19.0 Å². The molecule has 1 saturated heterocycles. The molecule has 1 amide bonds. The van der Waals surface area contributed by atoms with Crippen molar-refractivity contribution in [3.63, 3.8) is 0 Å². The van der Waals surface area contributed by atoms with E-state index in [-0.39, 0.29) is 34.5 Å². The van der Waals surface area contributed by atoms with Crippen LogP contribution in [0.25, 0.3) is 0 Å². The Balaban J connectivity index is 1.97. The van der Waals surface area contributed by atoms with Gasteiger partial charge in [0, 0.05) is 27.7 Å². The molecule has 0 unspecified atom stereocenters. The summed E-state index contributed by atoms with van der Waals surface area (Å²) in [6.45, 7) is 0.147. The van der Waals surface area contributed by atoms with Gasteiger partial charge in [0.25, 0.3) is 5.91 Å². The molecule has 0 bridgehead atoms. The molecule has 2 aromatic rings. The molecule has 9 heteroatoms. The van der Waals surface area contributed by atoms with E-state index in [0.717, 1.165) is 0 Å². The first-order valence-electron chi connectivity index (χ1n) is 8.06. The maximum absolute atomic E-state index is 13.2. The summed E-state index contributed by atoms with van der Waals surface area (Å²) >= 11 is 24.3. The Morgan fingerprint density at radius 3 is 2.19 bits per heavy atom. The van der Waals surface area contributed by atoms with E-state index in [4.69, 9.17) is 46.4 Å². The molecule has 1 aliphatic heterocycles. The number of hydrogen-bond donors (Lipinski definition) is 0. The third kappa shape index (κ3) is 4.90. The van der Waals surface area contributed by atoms with Crippen LogP contribution in [0, 0.1) is 0 Å². The van der Waals surface area contributed by atoms with Gasteiger partial charge in [-0.3, -0.25) is 4.79 Å². The molecular formula is C18H15Cl4NO3S. The van der Waals surface area contributed by atoms with E-state index in [0.29, 0.717) is 27.1 Å². The second-order valence-corrected chi connectivity index (χ2v) is 10.3. The summed E-state index contributed by atoms with van der Waals surface area (Å²) in [5.41, 5.74) is 0.930. The summed E-state index contributed by atoms with van der Waals surface area (Å²) in [6, 6.07) is 9.11. The van der Waals surface area contributed by atoms with E-state index in [1.165, 1.54) is 17.0 Å². The molecule has 1 aliphatic rings. The standard InChI is InChI=1S/C18H15Cl4NO3S/c19-12-2-1-11(16(21)7-12)9-23(14-5-6-27(25,26)10-14)18(24)15-4-3-13(20)8-17(15)22/h1-4,7-8,14H,5-6,9-10H2/t14-/m0/s1. The van der Waals surface area contributed by atoms with Crippen LogP contribution in [0.2, 0.25) is 20.1 Å². The van der Waals surface area contributed by atoms with Crippen LogP contribution in [-0.2, 0) is 16.4 Å². The summed E-state index contributed by atoms with van der Waals surface area (Å²) in [7, 11) is -3.18. The molecule has 2 aromatic carbocycles. The molecule has 1 fully saturated rings. The van der Waals surface area contributed by atoms with Gasteiger partial charge in [0.15, 0.2) is 9.84 Å². The summed E-state index contributed by atoms with van der Waals surface area (Å²) < 4.78 is 23.9. The Kier molecular flexibility index (Phi) is 6.28. The Morgan fingerprint density at radius 2 is 1.63 bits per heavy atom. The maximum atomic E-state index is 13.2. The monoisotopic (exact) mass is 465 g/mol. The zero-order chi connectivity index (χ0) is 19.8. The van der Waals surface area contributed by atoms with E-state index in [1.54, 1.807) is 24.3 Å². The van der Waals surface area contributed by atoms with Crippen LogP contribution in [0.4, 0.5) is 0 Å². The van der Waals surface area contributed by atoms with Crippen molar-refractivity contribution in [3.05, 3.63) is 67.6 Å². The van der Waals surface area contributed by atoms with Crippen LogP contribution in [0.1, 0.15) is 22.3 Å². The second kappa shape index (κ2) is 8.18. The van der Waals surface area contributed by atoms with Crippen molar-refractivity contribution in [3.8, 4) is 0 Å². The highest BCUT2D eigenvalue weighted by Crippen LogP contribution is 2.29. The zero-order valence-electron chi connectivity index (χ0n) is 14.0. The summed E-state index contributed by atoms with van der Waals surface area (Å²) in [5.74, 6) is -0.413. The second-order valence-electron chi connectivity index (χ2n) is 6.35. The molecule has 3 rings (SSSR count). The van der Waals surface area contributed by atoms with Gasteiger partial charge < -0.3 is 4.90 Å². The van der Waals surface area contributed by atoms with E-state index in [2.05, 4.69) is 0 Å². The summed E-state index contributed by atoms with van der Waals surface area (Å²) in [4.78, 5) is 14.7. The van der Waals surface area contributed by atoms with Crippen LogP contribution < -0.4 is 0 Å². The quantitative estimate of drug-likeness (QED) is 0.627. The van der Waals surface area contributed by atoms with Gasteiger partial charge in [0.05, 0.1) is 22.1 Å². The van der Waals surface area contributed by atoms with Crippen molar-refractivity contribution in [1.29, 1.82) is 0 Å². The number of benzene rings is 2. The Bertz CT molecular complexity index is 994. The van der Waals surface area contributed by atoms with Gasteiger partial charge >= 0.3 is 0 Å². The van der Waals surface area contributed by atoms with E-state index >= 15 is 0 Å². The number of carbonyl (C=O) groups excluding carboxylic acids is 1. The molecule has 0 aliphatic carbocycles. The number of amides is 1. The molecule has 0 N–H and O–H groups in total. The minimum Gasteiger partial charge on any atom is -0.330 e. The van der Waals surface area contributed by atoms with Crippen molar-refractivity contribution < 1.29 is 13.2 Å². The highest BCUT2D eigenvalue weighted by atomic mass is 35.5. The lowest BCUT2D eigenvalue weighted by molar-refractivity contribution is 0.0681. The smallest absolute Gasteiger partial charge is 0.255 e. The van der Waals surface area contributed by atoms with E-state index in [9.17, 15) is 13.2 Å². The molecular weight excluding hydrogens is 452 g/mol. The normalized spacial score (nSPS) is 18.4. The number of rotatable bonds is 4. The number of halogens is 4. The highest BCUT2D eigenvalue weighted by molar-refractivity contribution is 7.91. The molecule has 0 spiro atoms. The average Bonchev–Trinajstić information content (AvgIpc) is 2.93. The summed E-state index contributed by atoms with van der Waals surface area (Å²) in [6.07, 6.45) is 0.366. The van der Waals surface area contributed by atoms with Gasteiger partial charge in [0.2, 0.25) is 0 Å². The third-order valence-corrected chi connectivity index (χ3v) is 7.31. The van der Waals surface area contributed by atoms with E-state index in [1.807, 2.05) is 0 Å². The fourth-order valence-corrected chi connectivity index (χ4v) is 5.73. The molecule has 0 saturated carbocycles. The lowest BCUT2D eigenvalue weighted by Gasteiger charge is -2.29. The Labute approximate surface area is 177 Å². The number of hydrogen-bond acceptors (Lipinski definition) is 3. The maximum Gasteiger partial charge on any atom is 0.255 e. The summed E-state index contributed by atoms with van der Waals surface area (Å²) in [5, 5.41) is 1.50.